The van der Waals surface area contributed by atoms with E-state index in [0.29, 0.717) is 5.92 Å². The van der Waals surface area contributed by atoms with Crippen LogP contribution in [0.4, 0.5) is 4.79 Å². The standard InChI is InChI=1S/C18H35N3O5S/c1-18(2,3)26-17(22)21-9-6-16(7-10-21)14-20-12-11-19(15-20)8-5-13-25-27(4,23)24/h16H,5-15H2,1-4H3. The van der Waals surface area contributed by atoms with Gasteiger partial charge in [-0.2, -0.15) is 8.42 Å². The number of hydrogen-bond donors (Lipinski definition) is 0. The summed E-state index contributed by atoms with van der Waals surface area (Å²) >= 11 is 0. The maximum absolute atomic E-state index is 12.1. The molecule has 0 saturated carbocycles. The van der Waals surface area contributed by atoms with Crippen LogP contribution in [0.5, 0.6) is 0 Å². The summed E-state index contributed by atoms with van der Waals surface area (Å²) in [5.41, 5.74) is -0.445. The highest BCUT2D eigenvalue weighted by molar-refractivity contribution is 7.85. The van der Waals surface area contributed by atoms with Crippen LogP contribution in [0.1, 0.15) is 40.0 Å². The van der Waals surface area contributed by atoms with E-state index in [-0.39, 0.29) is 12.7 Å². The number of carbonyl (C=O) groups is 1. The Bertz CT molecular complexity index is 582. The largest absolute Gasteiger partial charge is 0.444 e. The molecular formula is C18H35N3O5S. The molecule has 2 rings (SSSR count). The molecule has 2 heterocycles. The van der Waals surface area contributed by atoms with Crippen LogP contribution in [0.15, 0.2) is 0 Å². The second-order valence-electron chi connectivity index (χ2n) is 8.63. The molecule has 0 aromatic rings. The zero-order valence-electron chi connectivity index (χ0n) is 17.1. The van der Waals surface area contributed by atoms with E-state index in [1.807, 2.05) is 25.7 Å². The Balaban J connectivity index is 1.62. The average Bonchev–Trinajstić information content (AvgIpc) is 2.97. The van der Waals surface area contributed by atoms with Crippen molar-refractivity contribution in [3.8, 4) is 0 Å². The predicted molar refractivity (Wildman–Crippen MR) is 104 cm³/mol. The quantitative estimate of drug-likeness (QED) is 0.470. The third-order valence-corrected chi connectivity index (χ3v) is 5.43. The number of amides is 1. The zero-order chi connectivity index (χ0) is 20.1. The molecule has 0 radical (unpaired) electrons. The molecule has 0 spiro atoms. The highest BCUT2D eigenvalue weighted by atomic mass is 32.2. The molecule has 2 aliphatic rings. The highest BCUT2D eigenvalue weighted by Gasteiger charge is 2.29. The summed E-state index contributed by atoms with van der Waals surface area (Å²) in [6.07, 6.45) is 3.62. The van der Waals surface area contributed by atoms with Crippen LogP contribution in [-0.2, 0) is 19.0 Å². The van der Waals surface area contributed by atoms with Gasteiger partial charge in [-0.15, -0.1) is 0 Å². The lowest BCUT2D eigenvalue weighted by Gasteiger charge is -2.34. The van der Waals surface area contributed by atoms with E-state index in [0.717, 1.165) is 71.5 Å². The van der Waals surface area contributed by atoms with Gasteiger partial charge in [-0.05, 0) is 46.0 Å². The topological polar surface area (TPSA) is 79.4 Å². The Morgan fingerprint density at radius 3 is 2.30 bits per heavy atom. The first-order valence-corrected chi connectivity index (χ1v) is 11.6. The summed E-state index contributed by atoms with van der Waals surface area (Å²) in [6, 6.07) is 0. The van der Waals surface area contributed by atoms with Gasteiger partial charge >= 0.3 is 6.09 Å². The Hall–Kier alpha value is -0.900. The smallest absolute Gasteiger partial charge is 0.410 e. The molecule has 0 aliphatic carbocycles. The number of carbonyl (C=O) groups excluding carboxylic acids is 1. The van der Waals surface area contributed by atoms with Crippen molar-refractivity contribution < 1.29 is 22.1 Å². The fourth-order valence-corrected chi connectivity index (χ4v) is 3.95. The first-order chi connectivity index (χ1) is 12.5. The minimum absolute atomic E-state index is 0.204. The highest BCUT2D eigenvalue weighted by Crippen LogP contribution is 2.21. The van der Waals surface area contributed by atoms with Gasteiger partial charge in [0, 0.05) is 39.3 Å². The van der Waals surface area contributed by atoms with E-state index < -0.39 is 15.7 Å². The summed E-state index contributed by atoms with van der Waals surface area (Å²) in [6.45, 7) is 12.3. The zero-order valence-corrected chi connectivity index (χ0v) is 18.0. The van der Waals surface area contributed by atoms with Crippen molar-refractivity contribution in [3.63, 3.8) is 0 Å². The molecule has 9 heteroatoms. The van der Waals surface area contributed by atoms with Gasteiger partial charge in [-0.3, -0.25) is 14.0 Å². The summed E-state index contributed by atoms with van der Waals surface area (Å²) in [7, 11) is -3.34. The van der Waals surface area contributed by atoms with Crippen LogP contribution in [0, 0.1) is 5.92 Å². The van der Waals surface area contributed by atoms with Gasteiger partial charge in [0.1, 0.15) is 5.60 Å². The maximum Gasteiger partial charge on any atom is 0.410 e. The van der Waals surface area contributed by atoms with Gasteiger partial charge in [-0.1, -0.05) is 0 Å². The summed E-state index contributed by atoms with van der Waals surface area (Å²) < 4.78 is 32.2. The second-order valence-corrected chi connectivity index (χ2v) is 10.3. The van der Waals surface area contributed by atoms with E-state index in [4.69, 9.17) is 8.92 Å². The van der Waals surface area contributed by atoms with Crippen LogP contribution in [0.2, 0.25) is 0 Å². The summed E-state index contributed by atoms with van der Waals surface area (Å²) in [5, 5.41) is 0. The number of ether oxygens (including phenoxy) is 1. The molecule has 0 aromatic heterocycles. The van der Waals surface area contributed by atoms with E-state index in [2.05, 4.69) is 9.80 Å². The van der Waals surface area contributed by atoms with Gasteiger partial charge in [0.2, 0.25) is 0 Å². The normalized spacial score (nSPS) is 21.0. The maximum atomic E-state index is 12.1. The molecular weight excluding hydrogens is 370 g/mol. The first kappa shape index (κ1) is 22.4. The predicted octanol–water partition coefficient (Wildman–Crippen LogP) is 1.57. The van der Waals surface area contributed by atoms with Crippen LogP contribution >= 0.6 is 0 Å². The molecule has 2 aliphatic heterocycles. The Morgan fingerprint density at radius 2 is 1.70 bits per heavy atom. The van der Waals surface area contributed by atoms with Gasteiger partial charge in [0.25, 0.3) is 10.1 Å². The number of rotatable bonds is 7. The first-order valence-electron chi connectivity index (χ1n) is 9.79. The van der Waals surface area contributed by atoms with E-state index >= 15 is 0 Å². The van der Waals surface area contributed by atoms with Crippen LogP contribution in [0.3, 0.4) is 0 Å². The van der Waals surface area contributed by atoms with E-state index in [9.17, 15) is 13.2 Å². The van der Waals surface area contributed by atoms with Crippen molar-refractivity contribution in [2.45, 2.75) is 45.6 Å². The molecule has 27 heavy (non-hydrogen) atoms. The SMILES string of the molecule is CC(C)(C)OC(=O)N1CCC(CN2CCN(CCCOS(C)(=O)=O)C2)CC1. The van der Waals surface area contributed by atoms with Crippen molar-refractivity contribution in [1.29, 1.82) is 0 Å². The molecule has 0 bridgehead atoms. The van der Waals surface area contributed by atoms with Gasteiger partial charge < -0.3 is 9.64 Å². The molecule has 0 atom stereocenters. The number of likely N-dealkylation sites (tertiary alicyclic amines) is 1. The molecule has 8 nitrogen and oxygen atoms in total. The van der Waals surface area contributed by atoms with Crippen LogP contribution < -0.4 is 0 Å². The van der Waals surface area contributed by atoms with Gasteiger partial charge in [0.15, 0.2) is 0 Å². The Labute approximate surface area is 163 Å². The third-order valence-electron chi connectivity index (χ3n) is 4.83. The average molecular weight is 406 g/mol. The molecule has 2 fully saturated rings. The summed E-state index contributed by atoms with van der Waals surface area (Å²) in [5.74, 6) is 0.609. The Morgan fingerprint density at radius 1 is 1.07 bits per heavy atom. The lowest BCUT2D eigenvalue weighted by molar-refractivity contribution is 0.0170. The van der Waals surface area contributed by atoms with Crippen molar-refractivity contribution in [1.82, 2.24) is 14.7 Å². The fraction of sp³-hybridized carbons (Fsp3) is 0.944. The lowest BCUT2D eigenvalue weighted by atomic mass is 9.96. The lowest BCUT2D eigenvalue weighted by Crippen LogP contribution is -2.43. The van der Waals surface area contributed by atoms with Crippen molar-refractivity contribution in [2.75, 3.05) is 58.8 Å². The van der Waals surface area contributed by atoms with Crippen molar-refractivity contribution in [3.05, 3.63) is 0 Å². The Kier molecular flexibility index (Phi) is 7.91. The minimum Gasteiger partial charge on any atom is -0.444 e. The fourth-order valence-electron chi connectivity index (χ4n) is 3.53. The molecule has 0 N–H and O–H groups in total. The molecule has 2 saturated heterocycles. The third kappa shape index (κ3) is 8.76. The monoisotopic (exact) mass is 405 g/mol. The van der Waals surface area contributed by atoms with Crippen LogP contribution in [0.25, 0.3) is 0 Å². The minimum atomic E-state index is -3.34. The van der Waals surface area contributed by atoms with Crippen molar-refractivity contribution in [2.24, 2.45) is 5.92 Å². The van der Waals surface area contributed by atoms with E-state index in [1.165, 1.54) is 0 Å². The number of piperidine rings is 1. The number of hydrogen-bond acceptors (Lipinski definition) is 7. The molecule has 0 unspecified atom stereocenters. The van der Waals surface area contributed by atoms with Crippen LogP contribution in [-0.4, -0.2) is 93.6 Å². The summed E-state index contributed by atoms with van der Waals surface area (Å²) in [4.78, 5) is 18.7. The molecule has 0 aromatic carbocycles. The number of nitrogens with zero attached hydrogens (tertiary/aromatic N) is 3. The van der Waals surface area contributed by atoms with Gasteiger partial charge in [0.05, 0.1) is 19.5 Å². The molecule has 158 valence electrons. The van der Waals surface area contributed by atoms with Gasteiger partial charge in [-0.25, -0.2) is 4.79 Å². The molecule has 1 amide bonds. The second kappa shape index (κ2) is 9.54. The van der Waals surface area contributed by atoms with E-state index in [1.54, 1.807) is 0 Å². The van der Waals surface area contributed by atoms with Crippen molar-refractivity contribution >= 4 is 16.2 Å².